The van der Waals surface area contributed by atoms with Gasteiger partial charge in [0.1, 0.15) is 0 Å². The number of unbranched alkanes of at least 4 members (excludes halogenated alkanes) is 3. The molecular formula is C10H23O3P. The van der Waals surface area contributed by atoms with Gasteiger partial charge in [0.15, 0.2) is 0 Å². The summed E-state index contributed by atoms with van der Waals surface area (Å²) < 4.78 is 5.07. The van der Waals surface area contributed by atoms with E-state index >= 15 is 0 Å². The highest BCUT2D eigenvalue weighted by Gasteiger charge is 2.12. The predicted octanol–water partition coefficient (Wildman–Crippen LogP) is 3.35. The fourth-order valence-corrected chi connectivity index (χ4v) is 1.91. The average Bonchev–Trinajstić information content (AvgIpc) is 2.13. The maximum Gasteiger partial charge on any atom is 0.327 e. The number of hydrogen-bond donors (Lipinski definition) is 2. The zero-order valence-electron chi connectivity index (χ0n) is 9.28. The monoisotopic (exact) mass is 222 g/mol. The second kappa shape index (κ2) is 9.85. The van der Waals surface area contributed by atoms with Crippen LogP contribution in [0.25, 0.3) is 0 Å². The summed E-state index contributed by atoms with van der Waals surface area (Å²) in [6.07, 6.45) is 7.67. The molecule has 3 nitrogen and oxygen atoms in total. The zero-order valence-corrected chi connectivity index (χ0v) is 10.2. The second-order valence-electron chi connectivity index (χ2n) is 3.62. The molecule has 0 aromatic rings. The normalized spacial score (nSPS) is 13.5. The van der Waals surface area contributed by atoms with Gasteiger partial charge in [-0.05, 0) is 12.8 Å². The predicted molar refractivity (Wildman–Crippen MR) is 59.9 cm³/mol. The Hall–Kier alpha value is 0.310. The lowest BCUT2D eigenvalue weighted by molar-refractivity contribution is 0.148. The molecule has 0 aliphatic carbocycles. The summed E-state index contributed by atoms with van der Waals surface area (Å²) in [5.41, 5.74) is 0. The Labute approximate surface area is 88.5 Å². The van der Waals surface area contributed by atoms with Crippen molar-refractivity contribution in [2.24, 2.45) is 0 Å². The van der Waals surface area contributed by atoms with Gasteiger partial charge in [0.05, 0.1) is 6.10 Å². The van der Waals surface area contributed by atoms with Crippen LogP contribution in [0.2, 0.25) is 0 Å². The molecule has 1 unspecified atom stereocenters. The lowest BCUT2D eigenvalue weighted by atomic mass is 10.1. The first-order chi connectivity index (χ1) is 6.70. The van der Waals surface area contributed by atoms with E-state index in [0.29, 0.717) is 0 Å². The summed E-state index contributed by atoms with van der Waals surface area (Å²) in [6, 6.07) is 0. The van der Waals surface area contributed by atoms with Crippen LogP contribution in [0.4, 0.5) is 0 Å². The Morgan fingerprint density at radius 2 is 1.57 bits per heavy atom. The lowest BCUT2D eigenvalue weighted by Gasteiger charge is -2.17. The highest BCUT2D eigenvalue weighted by molar-refractivity contribution is 7.39. The van der Waals surface area contributed by atoms with Crippen molar-refractivity contribution in [3.8, 4) is 0 Å². The molecule has 0 aromatic heterocycles. The van der Waals surface area contributed by atoms with E-state index in [1.165, 1.54) is 12.8 Å². The Kier molecular flexibility index (Phi) is 10.1. The van der Waals surface area contributed by atoms with E-state index in [2.05, 4.69) is 13.8 Å². The Balaban J connectivity index is 3.61. The van der Waals surface area contributed by atoms with Gasteiger partial charge in [-0.3, -0.25) is 0 Å². The average molecular weight is 222 g/mol. The third kappa shape index (κ3) is 8.89. The van der Waals surface area contributed by atoms with E-state index < -0.39 is 8.60 Å². The molecule has 0 aromatic carbocycles. The van der Waals surface area contributed by atoms with E-state index in [1.54, 1.807) is 0 Å². The molecule has 0 heterocycles. The minimum absolute atomic E-state index is 0.0441. The smallest absolute Gasteiger partial charge is 0.327 e. The van der Waals surface area contributed by atoms with E-state index in [4.69, 9.17) is 14.3 Å². The molecule has 0 bridgehead atoms. The molecule has 0 aliphatic heterocycles. The summed E-state index contributed by atoms with van der Waals surface area (Å²) in [4.78, 5) is 17.6. The summed E-state index contributed by atoms with van der Waals surface area (Å²) >= 11 is 0. The van der Waals surface area contributed by atoms with E-state index in [0.717, 1.165) is 32.1 Å². The van der Waals surface area contributed by atoms with Crippen LogP contribution in [0, 0.1) is 0 Å². The maximum atomic E-state index is 8.78. The molecule has 4 heteroatoms. The highest BCUT2D eigenvalue weighted by Crippen LogP contribution is 2.30. The minimum Gasteiger partial charge on any atom is -0.328 e. The van der Waals surface area contributed by atoms with Crippen LogP contribution in [0.5, 0.6) is 0 Å². The summed E-state index contributed by atoms with van der Waals surface area (Å²) in [5, 5.41) is 0. The van der Waals surface area contributed by atoms with Gasteiger partial charge in [0.2, 0.25) is 0 Å². The Morgan fingerprint density at radius 3 is 2.07 bits per heavy atom. The second-order valence-corrected chi connectivity index (χ2v) is 4.33. The fourth-order valence-electron chi connectivity index (χ4n) is 1.44. The van der Waals surface area contributed by atoms with Crippen LogP contribution in [0.1, 0.15) is 58.8 Å². The number of rotatable bonds is 9. The van der Waals surface area contributed by atoms with Gasteiger partial charge >= 0.3 is 8.60 Å². The molecule has 0 spiro atoms. The highest BCUT2D eigenvalue weighted by atomic mass is 31.2. The zero-order chi connectivity index (χ0) is 10.8. The third-order valence-electron chi connectivity index (χ3n) is 2.25. The fraction of sp³-hybridized carbons (Fsp3) is 1.00. The van der Waals surface area contributed by atoms with E-state index in [9.17, 15) is 0 Å². The molecule has 14 heavy (non-hydrogen) atoms. The van der Waals surface area contributed by atoms with Crippen molar-refractivity contribution in [3.05, 3.63) is 0 Å². The quantitative estimate of drug-likeness (QED) is 0.464. The van der Waals surface area contributed by atoms with E-state index in [-0.39, 0.29) is 6.10 Å². The van der Waals surface area contributed by atoms with Crippen molar-refractivity contribution >= 4 is 8.60 Å². The minimum atomic E-state index is -2.18. The molecule has 86 valence electrons. The van der Waals surface area contributed by atoms with Gasteiger partial charge in [-0.2, -0.15) is 0 Å². The van der Waals surface area contributed by atoms with Crippen molar-refractivity contribution < 1.29 is 14.3 Å². The van der Waals surface area contributed by atoms with Gasteiger partial charge in [-0.15, -0.1) is 0 Å². The van der Waals surface area contributed by atoms with Crippen LogP contribution in [0.15, 0.2) is 0 Å². The number of hydrogen-bond acceptors (Lipinski definition) is 3. The first-order valence-electron chi connectivity index (χ1n) is 5.55. The topological polar surface area (TPSA) is 49.7 Å². The summed E-state index contributed by atoms with van der Waals surface area (Å²) in [6.45, 7) is 4.29. The molecule has 0 amide bonds. The molecule has 0 fully saturated rings. The molecule has 2 N–H and O–H groups in total. The van der Waals surface area contributed by atoms with Gasteiger partial charge in [0, 0.05) is 0 Å². The van der Waals surface area contributed by atoms with Crippen molar-refractivity contribution in [1.29, 1.82) is 0 Å². The molecule has 0 radical (unpaired) electrons. The standard InChI is InChI=1S/C10H23O3P/c1-3-5-7-9-10(8-6-4-2)13-14(11)12/h10-12H,3-9H2,1-2H3. The van der Waals surface area contributed by atoms with Gasteiger partial charge in [-0.25, -0.2) is 0 Å². The molecule has 1 atom stereocenters. The maximum absolute atomic E-state index is 8.78. The summed E-state index contributed by atoms with van der Waals surface area (Å²) in [5.74, 6) is 0. The third-order valence-corrected chi connectivity index (χ3v) is 2.74. The molecule has 0 saturated heterocycles. The Bertz CT molecular complexity index is 120. The Morgan fingerprint density at radius 1 is 1.00 bits per heavy atom. The van der Waals surface area contributed by atoms with Crippen molar-refractivity contribution in [1.82, 2.24) is 0 Å². The SMILES string of the molecule is CCCCCC(CCCC)OP(O)O. The van der Waals surface area contributed by atoms with Crippen LogP contribution in [-0.4, -0.2) is 15.9 Å². The van der Waals surface area contributed by atoms with Gasteiger partial charge in [-0.1, -0.05) is 46.0 Å². The van der Waals surface area contributed by atoms with Crippen LogP contribution < -0.4 is 0 Å². The molecule has 0 aliphatic rings. The van der Waals surface area contributed by atoms with E-state index in [1.807, 2.05) is 0 Å². The van der Waals surface area contributed by atoms with Crippen molar-refractivity contribution in [2.75, 3.05) is 0 Å². The molecular weight excluding hydrogens is 199 g/mol. The first-order valence-corrected chi connectivity index (χ1v) is 6.71. The largest absolute Gasteiger partial charge is 0.328 e. The van der Waals surface area contributed by atoms with Crippen molar-refractivity contribution in [3.63, 3.8) is 0 Å². The van der Waals surface area contributed by atoms with Crippen molar-refractivity contribution in [2.45, 2.75) is 64.9 Å². The van der Waals surface area contributed by atoms with Gasteiger partial charge in [0.25, 0.3) is 0 Å². The lowest BCUT2D eigenvalue weighted by Crippen LogP contribution is -2.10. The molecule has 0 saturated carbocycles. The van der Waals surface area contributed by atoms with Crippen LogP contribution in [0.3, 0.4) is 0 Å². The van der Waals surface area contributed by atoms with Crippen LogP contribution in [-0.2, 0) is 4.52 Å². The van der Waals surface area contributed by atoms with Crippen LogP contribution >= 0.6 is 8.60 Å². The summed E-state index contributed by atoms with van der Waals surface area (Å²) in [7, 11) is -2.18. The first kappa shape index (κ1) is 14.3. The molecule has 0 rings (SSSR count). The van der Waals surface area contributed by atoms with Gasteiger partial charge < -0.3 is 14.3 Å².